The van der Waals surface area contributed by atoms with Gasteiger partial charge in [-0.1, -0.05) is 25.1 Å². The average molecular weight is 242 g/mol. The highest BCUT2D eigenvalue weighted by Crippen LogP contribution is 2.25. The van der Waals surface area contributed by atoms with E-state index in [0.717, 1.165) is 35.8 Å². The highest BCUT2D eigenvalue weighted by molar-refractivity contribution is 5.37. The monoisotopic (exact) mass is 242 g/mol. The number of rotatable bonds is 5. The molecule has 1 N–H and O–H groups in total. The highest BCUT2D eigenvalue weighted by atomic mass is 16.5. The van der Waals surface area contributed by atoms with E-state index >= 15 is 0 Å². The molecule has 18 heavy (non-hydrogen) atoms. The minimum atomic E-state index is 0.770. The molecule has 0 saturated heterocycles. The van der Waals surface area contributed by atoms with Crippen molar-refractivity contribution in [2.24, 2.45) is 0 Å². The first kappa shape index (κ1) is 12.6. The van der Waals surface area contributed by atoms with Crippen LogP contribution < -0.4 is 10.1 Å². The summed E-state index contributed by atoms with van der Waals surface area (Å²) in [6.07, 6.45) is 1.87. The Bertz CT molecular complexity index is 497. The molecule has 0 aliphatic carbocycles. The lowest BCUT2D eigenvalue weighted by molar-refractivity contribution is 0.471. The molecule has 0 atom stereocenters. The predicted octanol–water partition coefficient (Wildman–Crippen LogP) is 3.29. The van der Waals surface area contributed by atoms with E-state index in [1.54, 1.807) is 0 Å². The first-order valence-electron chi connectivity index (χ1n) is 6.18. The second kappa shape index (κ2) is 6.17. The summed E-state index contributed by atoms with van der Waals surface area (Å²) >= 11 is 0. The molecule has 1 aromatic heterocycles. The summed E-state index contributed by atoms with van der Waals surface area (Å²) in [5.41, 5.74) is 2.03. The van der Waals surface area contributed by atoms with Crippen LogP contribution in [-0.4, -0.2) is 11.5 Å². The fourth-order valence-corrected chi connectivity index (χ4v) is 1.67. The smallest absolute Gasteiger partial charge is 0.135 e. The van der Waals surface area contributed by atoms with Crippen LogP contribution >= 0.6 is 0 Å². The molecule has 0 bridgehead atoms. The summed E-state index contributed by atoms with van der Waals surface area (Å²) in [4.78, 5) is 4.31. The molecule has 0 unspecified atom stereocenters. The second-order valence-electron chi connectivity index (χ2n) is 4.13. The van der Waals surface area contributed by atoms with Gasteiger partial charge in [0.1, 0.15) is 11.5 Å². The number of para-hydroxylation sites is 1. The molecule has 1 aromatic carbocycles. The van der Waals surface area contributed by atoms with Crippen molar-refractivity contribution < 1.29 is 4.74 Å². The summed E-state index contributed by atoms with van der Waals surface area (Å²) in [6, 6.07) is 11.8. The van der Waals surface area contributed by atoms with Gasteiger partial charge in [-0.3, -0.25) is 4.98 Å². The van der Waals surface area contributed by atoms with Gasteiger partial charge in [0.25, 0.3) is 0 Å². The standard InChI is InChI=1S/C15H18N2O/c1-3-16-10-13-11-17-12(2)9-15(13)18-14-7-5-4-6-8-14/h4-9,11,16H,3,10H2,1-2H3. The molecular formula is C15H18N2O. The summed E-state index contributed by atoms with van der Waals surface area (Å²) < 4.78 is 5.91. The molecule has 0 aliphatic heterocycles. The quantitative estimate of drug-likeness (QED) is 0.873. The van der Waals surface area contributed by atoms with Crippen LogP contribution in [0.1, 0.15) is 18.2 Å². The van der Waals surface area contributed by atoms with E-state index in [1.165, 1.54) is 0 Å². The number of aromatic nitrogens is 1. The molecule has 0 saturated carbocycles. The van der Waals surface area contributed by atoms with Crippen LogP contribution in [0, 0.1) is 6.92 Å². The molecule has 1 heterocycles. The molecule has 2 rings (SSSR count). The van der Waals surface area contributed by atoms with Gasteiger partial charge in [0.05, 0.1) is 0 Å². The Balaban J connectivity index is 2.22. The summed E-state index contributed by atoms with van der Waals surface area (Å²) in [6.45, 7) is 5.75. The van der Waals surface area contributed by atoms with E-state index in [2.05, 4.69) is 17.2 Å². The lowest BCUT2D eigenvalue weighted by Crippen LogP contribution is -2.12. The zero-order valence-corrected chi connectivity index (χ0v) is 10.8. The zero-order valence-electron chi connectivity index (χ0n) is 10.8. The van der Waals surface area contributed by atoms with Crippen LogP contribution in [-0.2, 0) is 6.54 Å². The summed E-state index contributed by atoms with van der Waals surface area (Å²) in [5.74, 6) is 1.72. The molecule has 2 aromatic rings. The normalized spacial score (nSPS) is 10.3. The maximum Gasteiger partial charge on any atom is 0.135 e. The number of hydrogen-bond donors (Lipinski definition) is 1. The first-order chi connectivity index (χ1) is 8.79. The minimum absolute atomic E-state index is 0.770. The van der Waals surface area contributed by atoms with Crippen LogP contribution in [0.4, 0.5) is 0 Å². The number of pyridine rings is 1. The van der Waals surface area contributed by atoms with Crippen molar-refractivity contribution in [3.05, 3.63) is 53.9 Å². The van der Waals surface area contributed by atoms with Gasteiger partial charge in [0.15, 0.2) is 0 Å². The average Bonchev–Trinajstić information content (AvgIpc) is 2.39. The number of benzene rings is 1. The largest absolute Gasteiger partial charge is 0.457 e. The van der Waals surface area contributed by atoms with Gasteiger partial charge in [0, 0.05) is 30.1 Å². The van der Waals surface area contributed by atoms with Crippen LogP contribution in [0.25, 0.3) is 0 Å². The van der Waals surface area contributed by atoms with Crippen molar-refractivity contribution in [3.63, 3.8) is 0 Å². The molecule has 0 aliphatic rings. The zero-order chi connectivity index (χ0) is 12.8. The van der Waals surface area contributed by atoms with Gasteiger partial charge in [-0.05, 0) is 25.6 Å². The third-order valence-electron chi connectivity index (χ3n) is 2.62. The van der Waals surface area contributed by atoms with Crippen LogP contribution in [0.3, 0.4) is 0 Å². The second-order valence-corrected chi connectivity index (χ2v) is 4.13. The van der Waals surface area contributed by atoms with Gasteiger partial charge in [-0.25, -0.2) is 0 Å². The molecule has 0 spiro atoms. The maximum absolute atomic E-state index is 5.91. The van der Waals surface area contributed by atoms with Crippen molar-refractivity contribution in [2.75, 3.05) is 6.54 Å². The van der Waals surface area contributed by atoms with Crippen LogP contribution in [0.5, 0.6) is 11.5 Å². The van der Waals surface area contributed by atoms with Crippen LogP contribution in [0.2, 0.25) is 0 Å². The lowest BCUT2D eigenvalue weighted by Gasteiger charge is -2.11. The van der Waals surface area contributed by atoms with E-state index in [1.807, 2.05) is 49.5 Å². The lowest BCUT2D eigenvalue weighted by atomic mass is 10.2. The van der Waals surface area contributed by atoms with Crippen molar-refractivity contribution in [1.82, 2.24) is 10.3 Å². The topological polar surface area (TPSA) is 34.2 Å². The number of nitrogens with zero attached hydrogens (tertiary/aromatic N) is 1. The van der Waals surface area contributed by atoms with E-state index in [-0.39, 0.29) is 0 Å². The predicted molar refractivity (Wildman–Crippen MR) is 72.9 cm³/mol. The Morgan fingerprint density at radius 2 is 2.00 bits per heavy atom. The third kappa shape index (κ3) is 3.31. The SMILES string of the molecule is CCNCc1cnc(C)cc1Oc1ccccc1. The fourth-order valence-electron chi connectivity index (χ4n) is 1.67. The summed E-state index contributed by atoms with van der Waals surface area (Å²) in [7, 11) is 0. The van der Waals surface area contributed by atoms with Gasteiger partial charge in [-0.15, -0.1) is 0 Å². The fraction of sp³-hybridized carbons (Fsp3) is 0.267. The molecule has 0 fully saturated rings. The van der Waals surface area contributed by atoms with Gasteiger partial charge in [-0.2, -0.15) is 0 Å². The van der Waals surface area contributed by atoms with Crippen molar-refractivity contribution >= 4 is 0 Å². The van der Waals surface area contributed by atoms with Gasteiger partial charge < -0.3 is 10.1 Å². The number of aryl methyl sites for hydroxylation is 1. The van der Waals surface area contributed by atoms with Crippen molar-refractivity contribution in [1.29, 1.82) is 0 Å². The molecule has 3 heteroatoms. The van der Waals surface area contributed by atoms with Crippen LogP contribution in [0.15, 0.2) is 42.6 Å². The Morgan fingerprint density at radius 3 is 2.72 bits per heavy atom. The Morgan fingerprint density at radius 1 is 1.22 bits per heavy atom. The highest BCUT2D eigenvalue weighted by Gasteiger charge is 2.05. The van der Waals surface area contributed by atoms with E-state index in [4.69, 9.17) is 4.74 Å². The first-order valence-corrected chi connectivity index (χ1v) is 6.18. The molecule has 0 radical (unpaired) electrons. The molecule has 94 valence electrons. The van der Waals surface area contributed by atoms with Gasteiger partial charge >= 0.3 is 0 Å². The number of hydrogen-bond acceptors (Lipinski definition) is 3. The molecular weight excluding hydrogens is 224 g/mol. The minimum Gasteiger partial charge on any atom is -0.457 e. The summed E-state index contributed by atoms with van der Waals surface area (Å²) in [5, 5.41) is 3.29. The van der Waals surface area contributed by atoms with Gasteiger partial charge in [0.2, 0.25) is 0 Å². The number of nitrogens with one attached hydrogen (secondary N) is 1. The van der Waals surface area contributed by atoms with Crippen molar-refractivity contribution in [3.8, 4) is 11.5 Å². The molecule has 0 amide bonds. The Hall–Kier alpha value is -1.87. The van der Waals surface area contributed by atoms with E-state index < -0.39 is 0 Å². The van der Waals surface area contributed by atoms with E-state index in [9.17, 15) is 0 Å². The number of ether oxygens (including phenoxy) is 1. The third-order valence-corrected chi connectivity index (χ3v) is 2.62. The Kier molecular flexibility index (Phi) is 4.31. The Labute approximate surface area is 108 Å². The van der Waals surface area contributed by atoms with E-state index in [0.29, 0.717) is 0 Å². The maximum atomic E-state index is 5.91. The van der Waals surface area contributed by atoms with Crippen molar-refractivity contribution in [2.45, 2.75) is 20.4 Å². The molecule has 3 nitrogen and oxygen atoms in total.